The molecular formula is C5H3N3O2. The van der Waals surface area contributed by atoms with Gasteiger partial charge in [0.05, 0.1) is 12.4 Å². The zero-order valence-electron chi connectivity index (χ0n) is 4.85. The van der Waals surface area contributed by atoms with Crippen LogP contribution in [-0.2, 0) is 0 Å². The van der Waals surface area contributed by atoms with Crippen molar-refractivity contribution in [1.82, 2.24) is 15.1 Å². The summed E-state index contributed by atoms with van der Waals surface area (Å²) in [6.07, 6.45) is 2.59. The topological polar surface area (TPSA) is 72.0 Å². The molecule has 50 valence electrons. The van der Waals surface area contributed by atoms with Crippen LogP contribution < -0.4 is 0 Å². The average Bonchev–Trinajstić information content (AvgIpc) is 2.33. The van der Waals surface area contributed by atoms with Crippen LogP contribution in [0.5, 0.6) is 5.88 Å². The molecular weight excluding hydrogens is 134 g/mol. The van der Waals surface area contributed by atoms with E-state index < -0.39 is 0 Å². The Kier molecular flexibility index (Phi) is 0.858. The Labute approximate surface area is 55.3 Å². The zero-order valence-corrected chi connectivity index (χ0v) is 4.85. The first-order valence-electron chi connectivity index (χ1n) is 2.62. The van der Waals surface area contributed by atoms with Gasteiger partial charge in [-0.1, -0.05) is 5.16 Å². The first-order valence-corrected chi connectivity index (χ1v) is 2.62. The van der Waals surface area contributed by atoms with Gasteiger partial charge in [-0.15, -0.1) is 0 Å². The molecule has 1 N–H and O–H groups in total. The molecule has 5 nitrogen and oxygen atoms in total. The lowest BCUT2D eigenvalue weighted by Gasteiger charge is -1.85. The Morgan fingerprint density at radius 2 is 2.30 bits per heavy atom. The third kappa shape index (κ3) is 0.604. The summed E-state index contributed by atoms with van der Waals surface area (Å²) < 4.78 is 4.64. The predicted molar refractivity (Wildman–Crippen MR) is 31.3 cm³/mol. The molecule has 0 atom stereocenters. The fourth-order valence-corrected chi connectivity index (χ4v) is 0.663. The van der Waals surface area contributed by atoms with Gasteiger partial charge in [0.1, 0.15) is 0 Å². The van der Waals surface area contributed by atoms with Crippen LogP contribution in [0.1, 0.15) is 0 Å². The van der Waals surface area contributed by atoms with Crippen molar-refractivity contribution in [2.24, 2.45) is 0 Å². The van der Waals surface area contributed by atoms with Crippen LogP contribution in [0, 0.1) is 0 Å². The molecule has 2 heterocycles. The number of aromatic nitrogens is 3. The summed E-state index contributed by atoms with van der Waals surface area (Å²) in [6.45, 7) is 0. The van der Waals surface area contributed by atoms with Crippen LogP contribution in [0.2, 0.25) is 0 Å². The fraction of sp³-hybridized carbons (Fsp3) is 0. The maximum Gasteiger partial charge on any atom is 0.276 e. The highest BCUT2D eigenvalue weighted by atomic mass is 16.5. The summed E-state index contributed by atoms with van der Waals surface area (Å²) in [5.41, 5.74) is 0.790. The molecule has 0 spiro atoms. The van der Waals surface area contributed by atoms with Gasteiger partial charge in [-0.3, -0.25) is 0 Å². The van der Waals surface area contributed by atoms with Crippen LogP contribution in [0.4, 0.5) is 0 Å². The second kappa shape index (κ2) is 1.66. The van der Waals surface area contributed by atoms with Crippen LogP contribution in [-0.4, -0.2) is 20.2 Å². The number of fused-ring (bicyclic) bond motifs is 1. The molecule has 0 saturated carbocycles. The van der Waals surface area contributed by atoms with Gasteiger partial charge in [-0.25, -0.2) is 9.97 Å². The lowest BCUT2D eigenvalue weighted by molar-refractivity contribution is 0.439. The Hall–Kier alpha value is -1.65. The van der Waals surface area contributed by atoms with Crippen LogP contribution in [0.3, 0.4) is 0 Å². The summed E-state index contributed by atoms with van der Waals surface area (Å²) in [7, 11) is 0. The highest BCUT2D eigenvalue weighted by Gasteiger charge is 2.00. The van der Waals surface area contributed by atoms with Gasteiger partial charge < -0.3 is 9.63 Å². The average molecular weight is 137 g/mol. The molecule has 0 radical (unpaired) electrons. The van der Waals surface area contributed by atoms with E-state index in [1.165, 1.54) is 12.4 Å². The van der Waals surface area contributed by atoms with Crippen molar-refractivity contribution in [3.05, 3.63) is 12.4 Å². The molecule has 5 heteroatoms. The predicted octanol–water partition coefficient (Wildman–Crippen LogP) is 0.323. The summed E-state index contributed by atoms with van der Waals surface area (Å²) in [4.78, 5) is 7.37. The molecule has 0 unspecified atom stereocenters. The monoisotopic (exact) mass is 137 g/mol. The van der Waals surface area contributed by atoms with Gasteiger partial charge in [-0.2, -0.15) is 0 Å². The molecule has 0 aliphatic rings. The quantitative estimate of drug-likeness (QED) is 0.566. The lowest BCUT2D eigenvalue weighted by atomic mass is 10.6. The molecule has 2 rings (SSSR count). The second-order valence-corrected chi connectivity index (χ2v) is 1.74. The van der Waals surface area contributed by atoms with Crippen LogP contribution in [0.25, 0.3) is 11.2 Å². The van der Waals surface area contributed by atoms with Crippen molar-refractivity contribution in [2.45, 2.75) is 0 Å². The van der Waals surface area contributed by atoms with E-state index in [0.29, 0.717) is 11.2 Å². The van der Waals surface area contributed by atoms with E-state index in [2.05, 4.69) is 19.6 Å². The Morgan fingerprint density at radius 3 is 3.20 bits per heavy atom. The minimum atomic E-state index is -0.129. The molecule has 0 bridgehead atoms. The van der Waals surface area contributed by atoms with Gasteiger partial charge in [0.15, 0.2) is 5.52 Å². The van der Waals surface area contributed by atoms with Crippen molar-refractivity contribution in [3.63, 3.8) is 0 Å². The van der Waals surface area contributed by atoms with E-state index in [4.69, 9.17) is 5.11 Å². The lowest BCUT2D eigenvalue weighted by Crippen LogP contribution is -1.77. The molecule has 0 aliphatic carbocycles. The fourth-order valence-electron chi connectivity index (χ4n) is 0.663. The molecule has 0 aromatic carbocycles. The molecule has 0 saturated heterocycles. The minimum Gasteiger partial charge on any atom is -0.492 e. The summed E-state index contributed by atoms with van der Waals surface area (Å²) in [5.74, 6) is -0.129. The van der Waals surface area contributed by atoms with Crippen LogP contribution >= 0.6 is 0 Å². The summed E-state index contributed by atoms with van der Waals surface area (Å²) in [5, 5.41) is 12.2. The van der Waals surface area contributed by atoms with Crippen LogP contribution in [0.15, 0.2) is 16.9 Å². The maximum atomic E-state index is 8.81. The highest BCUT2D eigenvalue weighted by Crippen LogP contribution is 2.09. The van der Waals surface area contributed by atoms with Crippen molar-refractivity contribution in [2.75, 3.05) is 0 Å². The van der Waals surface area contributed by atoms with Crippen molar-refractivity contribution >= 4 is 11.2 Å². The third-order valence-electron chi connectivity index (χ3n) is 1.07. The molecule has 2 aromatic heterocycles. The zero-order chi connectivity index (χ0) is 6.97. The number of rotatable bonds is 0. The van der Waals surface area contributed by atoms with Gasteiger partial charge in [0.2, 0.25) is 5.88 Å². The maximum absolute atomic E-state index is 8.81. The van der Waals surface area contributed by atoms with E-state index in [0.717, 1.165) is 0 Å². The number of hydrogen-bond acceptors (Lipinski definition) is 5. The molecule has 10 heavy (non-hydrogen) atoms. The minimum absolute atomic E-state index is 0.129. The van der Waals surface area contributed by atoms with Crippen molar-refractivity contribution < 1.29 is 9.63 Å². The molecule has 0 amide bonds. The first kappa shape index (κ1) is 5.16. The van der Waals surface area contributed by atoms with Gasteiger partial charge in [-0.05, 0) is 0 Å². The SMILES string of the molecule is Oc1cnc2oncc2n1. The van der Waals surface area contributed by atoms with Gasteiger partial charge >= 0.3 is 0 Å². The standard InChI is InChI=1S/C5H3N3O2/c9-4-2-6-5-3(8-4)1-7-10-5/h1-2H,(H,8,9). The smallest absolute Gasteiger partial charge is 0.276 e. The molecule has 2 aromatic rings. The van der Waals surface area contributed by atoms with E-state index in [-0.39, 0.29) is 5.88 Å². The van der Waals surface area contributed by atoms with E-state index in [1.807, 2.05) is 0 Å². The summed E-state index contributed by atoms with van der Waals surface area (Å²) in [6, 6.07) is 0. The highest BCUT2D eigenvalue weighted by molar-refractivity contribution is 5.65. The molecule has 0 aliphatic heterocycles. The third-order valence-corrected chi connectivity index (χ3v) is 1.07. The van der Waals surface area contributed by atoms with Crippen molar-refractivity contribution in [1.29, 1.82) is 0 Å². The van der Waals surface area contributed by atoms with E-state index in [9.17, 15) is 0 Å². The summed E-state index contributed by atoms with van der Waals surface area (Å²) >= 11 is 0. The largest absolute Gasteiger partial charge is 0.492 e. The van der Waals surface area contributed by atoms with Gasteiger partial charge in [0.25, 0.3) is 5.71 Å². The molecule has 0 fully saturated rings. The van der Waals surface area contributed by atoms with E-state index in [1.54, 1.807) is 0 Å². The first-order chi connectivity index (χ1) is 4.86. The second-order valence-electron chi connectivity index (χ2n) is 1.74. The number of aromatic hydroxyl groups is 1. The van der Waals surface area contributed by atoms with Gasteiger partial charge in [0, 0.05) is 0 Å². The Bertz CT molecular complexity index is 356. The van der Waals surface area contributed by atoms with E-state index >= 15 is 0 Å². The normalized spacial score (nSPS) is 10.4. The number of nitrogens with zero attached hydrogens (tertiary/aromatic N) is 3. The van der Waals surface area contributed by atoms with Crippen molar-refractivity contribution in [3.8, 4) is 5.88 Å². The number of hydrogen-bond donors (Lipinski definition) is 1. The Morgan fingerprint density at radius 1 is 1.40 bits per heavy atom. The Balaban J connectivity index is 2.86.